The number of carbonyl (C=O) groups excluding carboxylic acids is 1. The van der Waals surface area contributed by atoms with E-state index in [1.165, 1.54) is 30.0 Å². The van der Waals surface area contributed by atoms with Crippen LogP contribution in [0, 0.1) is 5.92 Å². The zero-order valence-electron chi connectivity index (χ0n) is 17.8. The first-order chi connectivity index (χ1) is 15.5. The van der Waals surface area contributed by atoms with Gasteiger partial charge in [-0.1, -0.05) is 12.8 Å². The Morgan fingerprint density at radius 2 is 2.06 bits per heavy atom. The smallest absolute Gasteiger partial charge is 0.266 e. The van der Waals surface area contributed by atoms with E-state index in [0.717, 1.165) is 12.3 Å². The van der Waals surface area contributed by atoms with Crippen LogP contribution in [0.2, 0.25) is 0 Å². The maximum Gasteiger partial charge on any atom is 0.266 e. The standard InChI is InChI=1S/C23H25FN2O6/c1-28-20-8-16(4-5-18(20)30-7-6-15-2-3-15)26-14-32-19-9-21(25-10-17(19)22(26)27)31-13-23(24)11-29-12-23/h4-5,8-10,15H,2-3,6-7,11-14H2,1H3. The number of hydrogen-bond donors (Lipinski definition) is 0. The van der Waals surface area contributed by atoms with E-state index < -0.39 is 5.67 Å². The first-order valence-corrected chi connectivity index (χ1v) is 10.7. The number of carbonyl (C=O) groups is 1. The number of rotatable bonds is 9. The molecule has 170 valence electrons. The highest BCUT2D eigenvalue weighted by molar-refractivity contribution is 6.08. The molecule has 0 unspecified atom stereocenters. The van der Waals surface area contributed by atoms with Crippen LogP contribution in [0.25, 0.3) is 0 Å². The van der Waals surface area contributed by atoms with Crippen molar-refractivity contribution in [2.45, 2.75) is 24.9 Å². The molecule has 2 fully saturated rings. The number of aromatic nitrogens is 1. The van der Waals surface area contributed by atoms with E-state index in [-0.39, 0.29) is 38.3 Å². The quantitative estimate of drug-likeness (QED) is 0.587. The van der Waals surface area contributed by atoms with Gasteiger partial charge in [-0.05, 0) is 24.5 Å². The highest BCUT2D eigenvalue weighted by Crippen LogP contribution is 2.37. The van der Waals surface area contributed by atoms with Gasteiger partial charge in [-0.15, -0.1) is 0 Å². The number of halogens is 1. The summed E-state index contributed by atoms with van der Waals surface area (Å²) in [6.45, 7) is 0.520. The molecule has 3 aliphatic rings. The second-order valence-electron chi connectivity index (χ2n) is 8.37. The Balaban J connectivity index is 1.27. The van der Waals surface area contributed by atoms with Crippen molar-refractivity contribution in [2.24, 2.45) is 5.92 Å². The van der Waals surface area contributed by atoms with Crippen molar-refractivity contribution < 1.29 is 32.9 Å². The molecule has 0 radical (unpaired) electrons. The van der Waals surface area contributed by atoms with Crippen molar-refractivity contribution in [2.75, 3.05) is 45.2 Å². The number of amides is 1. The second kappa shape index (κ2) is 8.46. The molecular formula is C23H25FN2O6. The van der Waals surface area contributed by atoms with Crippen LogP contribution in [0.1, 0.15) is 29.6 Å². The second-order valence-corrected chi connectivity index (χ2v) is 8.37. The van der Waals surface area contributed by atoms with Gasteiger partial charge in [0, 0.05) is 18.3 Å². The van der Waals surface area contributed by atoms with E-state index >= 15 is 0 Å². The largest absolute Gasteiger partial charge is 0.493 e. The Hall–Kier alpha value is -3.07. The first-order valence-electron chi connectivity index (χ1n) is 10.7. The van der Waals surface area contributed by atoms with Gasteiger partial charge in [-0.2, -0.15) is 0 Å². The summed E-state index contributed by atoms with van der Waals surface area (Å²) < 4.78 is 41.4. The number of anilines is 1. The minimum atomic E-state index is -1.49. The van der Waals surface area contributed by atoms with Crippen LogP contribution >= 0.6 is 0 Å². The molecule has 0 atom stereocenters. The zero-order chi connectivity index (χ0) is 22.1. The highest BCUT2D eigenvalue weighted by atomic mass is 19.1. The highest BCUT2D eigenvalue weighted by Gasteiger charge is 2.40. The van der Waals surface area contributed by atoms with Gasteiger partial charge < -0.3 is 23.7 Å². The molecular weight excluding hydrogens is 419 g/mol. The third-order valence-electron chi connectivity index (χ3n) is 5.81. The van der Waals surface area contributed by atoms with Gasteiger partial charge in [0.1, 0.15) is 17.9 Å². The number of nitrogens with zero attached hydrogens (tertiary/aromatic N) is 2. The average Bonchev–Trinajstić information content (AvgIpc) is 3.61. The SMILES string of the molecule is COc1cc(N2COc3cc(OCC4(F)COC4)ncc3C2=O)ccc1OCCC1CC1. The van der Waals surface area contributed by atoms with E-state index in [1.807, 2.05) is 0 Å². The molecule has 1 aromatic heterocycles. The zero-order valence-corrected chi connectivity index (χ0v) is 17.8. The van der Waals surface area contributed by atoms with Gasteiger partial charge >= 0.3 is 0 Å². The van der Waals surface area contributed by atoms with Gasteiger partial charge in [-0.25, -0.2) is 9.37 Å². The third kappa shape index (κ3) is 4.29. The molecule has 1 aromatic carbocycles. The Bertz CT molecular complexity index is 1010. The lowest BCUT2D eigenvalue weighted by atomic mass is 10.1. The Morgan fingerprint density at radius 1 is 1.22 bits per heavy atom. The van der Waals surface area contributed by atoms with Crippen LogP contribution in [-0.2, 0) is 4.74 Å². The lowest BCUT2D eigenvalue weighted by molar-refractivity contribution is -0.146. The van der Waals surface area contributed by atoms with Gasteiger partial charge in [-0.3, -0.25) is 9.69 Å². The molecule has 1 aliphatic carbocycles. The van der Waals surface area contributed by atoms with Crippen LogP contribution in [0.15, 0.2) is 30.5 Å². The molecule has 1 saturated heterocycles. The molecule has 5 rings (SSSR count). The van der Waals surface area contributed by atoms with Crippen molar-refractivity contribution in [3.63, 3.8) is 0 Å². The molecule has 2 aromatic rings. The maximum atomic E-state index is 14.0. The van der Waals surface area contributed by atoms with Gasteiger partial charge in [0.2, 0.25) is 5.88 Å². The lowest BCUT2D eigenvalue weighted by Crippen LogP contribution is -2.50. The summed E-state index contributed by atoms with van der Waals surface area (Å²) >= 11 is 0. The minimum absolute atomic E-state index is 0.00962. The normalized spacial score (nSPS) is 18.9. The summed E-state index contributed by atoms with van der Waals surface area (Å²) in [5.74, 6) is 2.27. The average molecular weight is 444 g/mol. The number of pyridine rings is 1. The number of fused-ring (bicyclic) bond motifs is 1. The molecule has 9 heteroatoms. The molecule has 8 nitrogen and oxygen atoms in total. The van der Waals surface area contributed by atoms with Crippen molar-refractivity contribution in [3.05, 3.63) is 36.0 Å². The molecule has 3 heterocycles. The summed E-state index contributed by atoms with van der Waals surface area (Å²) in [6.07, 6.45) is 4.99. The summed E-state index contributed by atoms with van der Waals surface area (Å²) in [5, 5.41) is 0. The van der Waals surface area contributed by atoms with Crippen molar-refractivity contribution in [1.29, 1.82) is 0 Å². The fourth-order valence-corrected chi connectivity index (χ4v) is 3.60. The number of methoxy groups -OCH3 is 1. The fourth-order valence-electron chi connectivity index (χ4n) is 3.60. The van der Waals surface area contributed by atoms with Crippen LogP contribution in [0.3, 0.4) is 0 Å². The van der Waals surface area contributed by atoms with Crippen LogP contribution in [-0.4, -0.2) is 56.8 Å². The number of hydrogen-bond acceptors (Lipinski definition) is 7. The van der Waals surface area contributed by atoms with Crippen molar-refractivity contribution in [3.8, 4) is 23.1 Å². The lowest BCUT2D eigenvalue weighted by Gasteiger charge is -2.33. The van der Waals surface area contributed by atoms with E-state index in [1.54, 1.807) is 25.3 Å². The maximum absolute atomic E-state index is 14.0. The molecule has 0 spiro atoms. The van der Waals surface area contributed by atoms with Crippen LogP contribution in [0.5, 0.6) is 23.1 Å². The predicted octanol–water partition coefficient (Wildman–Crippen LogP) is 3.38. The molecule has 0 bridgehead atoms. The molecule has 1 saturated carbocycles. The Labute approximate surface area is 185 Å². The number of benzene rings is 1. The predicted molar refractivity (Wildman–Crippen MR) is 113 cm³/mol. The topological polar surface area (TPSA) is 79.4 Å². The summed E-state index contributed by atoms with van der Waals surface area (Å²) in [7, 11) is 1.57. The number of ether oxygens (including phenoxy) is 5. The molecule has 0 N–H and O–H groups in total. The molecule has 1 amide bonds. The summed E-state index contributed by atoms with van der Waals surface area (Å²) in [5.41, 5.74) is -0.566. The van der Waals surface area contributed by atoms with E-state index in [4.69, 9.17) is 23.7 Å². The Kier molecular flexibility index (Phi) is 5.50. The van der Waals surface area contributed by atoms with Gasteiger partial charge in [0.25, 0.3) is 5.91 Å². The fraction of sp³-hybridized carbons (Fsp3) is 0.478. The Morgan fingerprint density at radius 3 is 2.78 bits per heavy atom. The molecule has 2 aliphatic heterocycles. The number of alkyl halides is 1. The minimum Gasteiger partial charge on any atom is -0.493 e. The van der Waals surface area contributed by atoms with Crippen molar-refractivity contribution >= 4 is 11.6 Å². The van der Waals surface area contributed by atoms with Crippen LogP contribution in [0.4, 0.5) is 10.1 Å². The summed E-state index contributed by atoms with van der Waals surface area (Å²) in [4.78, 5) is 18.7. The first kappa shape index (κ1) is 20.8. The monoisotopic (exact) mass is 444 g/mol. The third-order valence-corrected chi connectivity index (χ3v) is 5.81. The van der Waals surface area contributed by atoms with Crippen LogP contribution < -0.4 is 23.8 Å². The molecule has 32 heavy (non-hydrogen) atoms. The van der Waals surface area contributed by atoms with Gasteiger partial charge in [0.05, 0.1) is 32.6 Å². The van der Waals surface area contributed by atoms with E-state index in [0.29, 0.717) is 35.1 Å². The van der Waals surface area contributed by atoms with Gasteiger partial charge in [0.15, 0.2) is 23.9 Å². The van der Waals surface area contributed by atoms with E-state index in [2.05, 4.69) is 4.98 Å². The van der Waals surface area contributed by atoms with E-state index in [9.17, 15) is 9.18 Å². The van der Waals surface area contributed by atoms with Crippen molar-refractivity contribution in [1.82, 2.24) is 4.98 Å². The summed E-state index contributed by atoms with van der Waals surface area (Å²) in [6, 6.07) is 6.86.